The molecule has 0 unspecified atom stereocenters. The van der Waals surface area contributed by atoms with Crippen LogP contribution < -0.4 is 10.6 Å². The Morgan fingerprint density at radius 3 is 2.62 bits per heavy atom. The Morgan fingerprint density at radius 1 is 1.16 bits per heavy atom. The van der Waals surface area contributed by atoms with Gasteiger partial charge >= 0.3 is 0 Å². The number of likely N-dealkylation sites (N-methyl/N-ethyl adjacent to an activating group) is 1. The van der Waals surface area contributed by atoms with Gasteiger partial charge in [-0.3, -0.25) is 9.59 Å². The van der Waals surface area contributed by atoms with E-state index in [4.69, 9.17) is 0 Å². The van der Waals surface area contributed by atoms with E-state index in [0.29, 0.717) is 33.6 Å². The lowest BCUT2D eigenvalue weighted by Gasteiger charge is -2.29. The van der Waals surface area contributed by atoms with E-state index in [1.165, 1.54) is 12.1 Å². The van der Waals surface area contributed by atoms with Gasteiger partial charge in [0.05, 0.1) is 11.7 Å². The highest BCUT2D eigenvalue weighted by molar-refractivity contribution is 6.36. The van der Waals surface area contributed by atoms with E-state index in [1.54, 1.807) is 30.3 Å². The zero-order valence-corrected chi connectivity index (χ0v) is 21.2. The number of rotatable bonds is 6. The number of anilines is 1. The number of carbonyl (C=O) groups excluding carboxylic acids is 2. The van der Waals surface area contributed by atoms with Crippen LogP contribution >= 0.6 is 0 Å². The lowest BCUT2D eigenvalue weighted by molar-refractivity contribution is -0.110. The molecule has 1 fully saturated rings. The van der Waals surface area contributed by atoms with Crippen LogP contribution in [0.5, 0.6) is 0 Å². The fourth-order valence-electron chi connectivity index (χ4n) is 4.69. The van der Waals surface area contributed by atoms with Gasteiger partial charge in [0.2, 0.25) is 0 Å². The molecule has 2 aromatic carbocycles. The molecule has 2 aliphatic rings. The molecule has 1 saturated heterocycles. The number of aliphatic hydroxyl groups excluding tert-OH is 1. The molecule has 4 N–H and O–H groups in total. The molecular weight excluding hydrogens is 471 g/mol. The van der Waals surface area contributed by atoms with Crippen molar-refractivity contribution in [1.82, 2.24) is 15.2 Å². The summed E-state index contributed by atoms with van der Waals surface area (Å²) in [6, 6.07) is 13.4. The number of aromatic nitrogens is 1. The molecule has 0 atom stereocenters. The number of likely N-dealkylation sites (tertiary alicyclic amines) is 1. The van der Waals surface area contributed by atoms with Crippen molar-refractivity contribution in [2.45, 2.75) is 25.9 Å². The minimum Gasteiger partial charge on any atom is -0.393 e. The van der Waals surface area contributed by atoms with E-state index < -0.39 is 0 Å². The van der Waals surface area contributed by atoms with E-state index in [-0.39, 0.29) is 17.8 Å². The molecule has 5 rings (SSSR count). The number of amides is 1. The first-order valence-corrected chi connectivity index (χ1v) is 12.5. The molecule has 0 aliphatic carbocycles. The molecule has 8 heteroatoms. The standard InChI is InChI=1S/C21H15FN2O2.C8H18N2O/c1-12-8-14(11-25)19(23-12)10-17-20-16(13-4-2-5-15(22)9-13)6-3-7-18(20)24-21(17)26;1-9-4-7-10-5-2-8(11)3-6-10/h2-11,23H,1H3,(H,24,26);8-9,11H,2-7H2,1H3/b17-10-;. The number of benzene rings is 2. The van der Waals surface area contributed by atoms with Crippen LogP contribution in [0.1, 0.15) is 40.2 Å². The van der Waals surface area contributed by atoms with Crippen molar-refractivity contribution in [1.29, 1.82) is 0 Å². The lowest BCUT2D eigenvalue weighted by Crippen LogP contribution is -2.39. The molecule has 3 aromatic rings. The van der Waals surface area contributed by atoms with Gasteiger partial charge in [-0.2, -0.15) is 0 Å². The number of aromatic amines is 1. The Bertz CT molecular complexity index is 1290. The number of nitrogens with one attached hydrogen (secondary N) is 3. The number of aliphatic hydroxyl groups is 1. The monoisotopic (exact) mass is 504 g/mol. The van der Waals surface area contributed by atoms with Gasteiger partial charge in [-0.1, -0.05) is 24.3 Å². The molecule has 0 radical (unpaired) electrons. The van der Waals surface area contributed by atoms with Gasteiger partial charge in [-0.25, -0.2) is 4.39 Å². The maximum atomic E-state index is 13.7. The molecule has 3 heterocycles. The summed E-state index contributed by atoms with van der Waals surface area (Å²) in [5.41, 5.74) is 5.13. The maximum absolute atomic E-state index is 13.7. The second-order valence-corrected chi connectivity index (χ2v) is 9.37. The lowest BCUT2D eigenvalue weighted by atomic mass is 9.94. The van der Waals surface area contributed by atoms with Crippen molar-refractivity contribution in [3.8, 4) is 11.1 Å². The Morgan fingerprint density at radius 2 is 1.92 bits per heavy atom. The summed E-state index contributed by atoms with van der Waals surface area (Å²) in [6.45, 7) is 6.13. The average molecular weight is 505 g/mol. The second-order valence-electron chi connectivity index (χ2n) is 9.37. The molecule has 194 valence electrons. The fraction of sp³-hybridized carbons (Fsp3) is 0.310. The highest BCUT2D eigenvalue weighted by Crippen LogP contribution is 2.40. The van der Waals surface area contributed by atoms with E-state index in [1.807, 2.05) is 26.1 Å². The van der Waals surface area contributed by atoms with Crippen LogP contribution in [0.15, 0.2) is 48.5 Å². The number of nitrogens with zero attached hydrogens (tertiary/aromatic N) is 1. The molecule has 37 heavy (non-hydrogen) atoms. The van der Waals surface area contributed by atoms with Crippen LogP contribution in [0.2, 0.25) is 0 Å². The van der Waals surface area contributed by atoms with E-state index >= 15 is 0 Å². The van der Waals surface area contributed by atoms with Gasteiger partial charge in [0.25, 0.3) is 5.91 Å². The minimum atomic E-state index is -0.342. The average Bonchev–Trinajstić information content (AvgIpc) is 3.42. The van der Waals surface area contributed by atoms with Crippen molar-refractivity contribution < 1.29 is 19.1 Å². The third-order valence-electron chi connectivity index (χ3n) is 6.63. The summed E-state index contributed by atoms with van der Waals surface area (Å²) in [6.07, 6.45) is 4.27. The topological polar surface area (TPSA) is 97.5 Å². The number of aldehydes is 1. The molecule has 1 aromatic heterocycles. The number of aryl methyl sites for hydroxylation is 1. The molecule has 1 amide bonds. The quantitative estimate of drug-likeness (QED) is 0.299. The van der Waals surface area contributed by atoms with Crippen LogP contribution in [-0.2, 0) is 4.79 Å². The van der Waals surface area contributed by atoms with Gasteiger partial charge in [-0.05, 0) is 68.3 Å². The van der Waals surface area contributed by atoms with Crippen molar-refractivity contribution in [3.63, 3.8) is 0 Å². The van der Waals surface area contributed by atoms with E-state index in [2.05, 4.69) is 20.5 Å². The zero-order chi connectivity index (χ0) is 26.4. The smallest absolute Gasteiger partial charge is 0.256 e. The summed E-state index contributed by atoms with van der Waals surface area (Å²) in [7, 11) is 1.97. The molecule has 0 saturated carbocycles. The first kappa shape index (κ1) is 26.5. The third kappa shape index (κ3) is 6.40. The SMILES string of the molecule is CNCCN1CCC(O)CC1.Cc1cc(C=O)c(/C=C2\C(=O)Nc3cccc(-c4cccc(F)c4)c32)[nH]1. The number of carbonyl (C=O) groups is 2. The Hall–Kier alpha value is -3.59. The van der Waals surface area contributed by atoms with Crippen LogP contribution in [0.25, 0.3) is 22.8 Å². The summed E-state index contributed by atoms with van der Waals surface area (Å²) in [4.78, 5) is 29.3. The van der Waals surface area contributed by atoms with Crippen LogP contribution in [0.3, 0.4) is 0 Å². The van der Waals surface area contributed by atoms with Crippen molar-refractivity contribution in [3.05, 3.63) is 76.9 Å². The summed E-state index contributed by atoms with van der Waals surface area (Å²) in [5.74, 6) is -0.598. The highest BCUT2D eigenvalue weighted by Gasteiger charge is 2.28. The largest absolute Gasteiger partial charge is 0.393 e. The summed E-state index contributed by atoms with van der Waals surface area (Å²) < 4.78 is 13.7. The number of hydrogen-bond donors (Lipinski definition) is 4. The molecule has 7 nitrogen and oxygen atoms in total. The first-order chi connectivity index (χ1) is 17.9. The number of H-pyrrole nitrogens is 1. The number of halogens is 1. The van der Waals surface area contributed by atoms with Crippen molar-refractivity contribution >= 4 is 29.5 Å². The Labute approximate surface area is 216 Å². The predicted molar refractivity (Wildman–Crippen MR) is 145 cm³/mol. The molecular formula is C29H33FN4O3. The van der Waals surface area contributed by atoms with Gasteiger partial charge in [0, 0.05) is 54.4 Å². The number of piperidine rings is 1. The maximum Gasteiger partial charge on any atom is 0.256 e. The highest BCUT2D eigenvalue weighted by atomic mass is 19.1. The van der Waals surface area contributed by atoms with E-state index in [9.17, 15) is 19.1 Å². The summed E-state index contributed by atoms with van der Waals surface area (Å²) in [5, 5.41) is 15.2. The third-order valence-corrected chi connectivity index (χ3v) is 6.63. The fourth-order valence-corrected chi connectivity index (χ4v) is 4.69. The second kappa shape index (κ2) is 12.1. The van der Waals surface area contributed by atoms with Gasteiger partial charge in [0.15, 0.2) is 6.29 Å². The molecule has 0 bridgehead atoms. The first-order valence-electron chi connectivity index (χ1n) is 12.5. The van der Waals surface area contributed by atoms with Gasteiger partial charge < -0.3 is 25.6 Å². The van der Waals surface area contributed by atoms with Crippen molar-refractivity contribution in [2.75, 3.05) is 38.5 Å². The summed E-state index contributed by atoms with van der Waals surface area (Å²) >= 11 is 0. The Balaban J connectivity index is 0.000000245. The van der Waals surface area contributed by atoms with Gasteiger partial charge in [0.1, 0.15) is 5.82 Å². The predicted octanol–water partition coefficient (Wildman–Crippen LogP) is 4.10. The Kier molecular flexibility index (Phi) is 8.66. The molecule has 2 aliphatic heterocycles. The number of hydrogen-bond acceptors (Lipinski definition) is 5. The zero-order valence-electron chi connectivity index (χ0n) is 21.2. The van der Waals surface area contributed by atoms with Crippen LogP contribution in [0.4, 0.5) is 10.1 Å². The number of fused-ring (bicyclic) bond motifs is 1. The van der Waals surface area contributed by atoms with Crippen LogP contribution in [-0.4, -0.2) is 66.5 Å². The van der Waals surface area contributed by atoms with E-state index in [0.717, 1.165) is 56.6 Å². The van der Waals surface area contributed by atoms with Crippen molar-refractivity contribution in [2.24, 2.45) is 0 Å². The van der Waals surface area contributed by atoms with Crippen LogP contribution in [0, 0.1) is 12.7 Å². The minimum absolute atomic E-state index is 0.0409. The molecule has 0 spiro atoms. The van der Waals surface area contributed by atoms with Gasteiger partial charge in [-0.15, -0.1) is 0 Å². The normalized spacial score (nSPS) is 16.8.